The van der Waals surface area contributed by atoms with Crippen molar-refractivity contribution in [2.24, 2.45) is 0 Å². The van der Waals surface area contributed by atoms with Crippen LogP contribution in [0.15, 0.2) is 54.6 Å². The molecule has 21 heavy (non-hydrogen) atoms. The Morgan fingerprint density at radius 1 is 1.05 bits per heavy atom. The largest absolute Gasteiger partial charge is 0.465 e. The smallest absolute Gasteiger partial charge is 0.338 e. The highest BCUT2D eigenvalue weighted by Gasteiger charge is 2.14. The van der Waals surface area contributed by atoms with Gasteiger partial charge in [0.15, 0.2) is 0 Å². The number of hydrogen-bond donors (Lipinski definition) is 0. The molecule has 0 saturated heterocycles. The summed E-state index contributed by atoms with van der Waals surface area (Å²) in [5, 5.41) is 0.807. The summed E-state index contributed by atoms with van der Waals surface area (Å²) >= 11 is 0. The maximum atomic E-state index is 12.0. The van der Waals surface area contributed by atoms with Crippen LogP contribution in [0.5, 0.6) is 0 Å². The van der Waals surface area contributed by atoms with Crippen LogP contribution in [0.3, 0.4) is 0 Å². The van der Waals surface area contributed by atoms with Gasteiger partial charge in [-0.25, -0.2) is 9.78 Å². The first-order valence-electron chi connectivity index (χ1n) is 6.75. The average molecular weight is 277 g/mol. The number of fused-ring (bicyclic) bond motifs is 1. The highest BCUT2D eigenvalue weighted by molar-refractivity contribution is 6.04. The van der Waals surface area contributed by atoms with E-state index in [2.05, 4.69) is 4.98 Å². The van der Waals surface area contributed by atoms with Crippen LogP contribution in [0, 0.1) is 6.92 Å². The van der Waals surface area contributed by atoms with Gasteiger partial charge in [-0.3, -0.25) is 0 Å². The maximum absolute atomic E-state index is 12.0. The first kappa shape index (κ1) is 13.3. The van der Waals surface area contributed by atoms with Gasteiger partial charge < -0.3 is 4.74 Å². The number of esters is 1. The van der Waals surface area contributed by atoms with Crippen molar-refractivity contribution >= 4 is 16.9 Å². The van der Waals surface area contributed by atoms with Gasteiger partial charge in [0.2, 0.25) is 0 Å². The molecule has 0 N–H and O–H groups in total. The molecule has 0 aliphatic carbocycles. The zero-order valence-corrected chi connectivity index (χ0v) is 12.0. The van der Waals surface area contributed by atoms with Crippen molar-refractivity contribution in [3.63, 3.8) is 0 Å². The molecule has 3 heteroatoms. The number of rotatable bonds is 2. The average Bonchev–Trinajstić information content (AvgIpc) is 2.53. The fourth-order valence-electron chi connectivity index (χ4n) is 2.45. The van der Waals surface area contributed by atoms with Gasteiger partial charge in [0.05, 0.1) is 23.9 Å². The van der Waals surface area contributed by atoms with Gasteiger partial charge in [0, 0.05) is 10.9 Å². The Kier molecular flexibility index (Phi) is 3.40. The molecule has 0 saturated carbocycles. The number of pyridine rings is 1. The number of carbonyl (C=O) groups excluding carboxylic acids is 1. The molecular formula is C18H15NO2. The Balaban J connectivity index is 2.31. The van der Waals surface area contributed by atoms with Gasteiger partial charge in [0.1, 0.15) is 0 Å². The van der Waals surface area contributed by atoms with Crippen LogP contribution in [0.4, 0.5) is 0 Å². The van der Waals surface area contributed by atoms with E-state index in [1.807, 2.05) is 55.5 Å². The van der Waals surface area contributed by atoms with Crippen LogP contribution in [0.25, 0.3) is 22.2 Å². The normalized spacial score (nSPS) is 10.6. The first-order chi connectivity index (χ1) is 10.2. The fraction of sp³-hybridized carbons (Fsp3) is 0.111. The van der Waals surface area contributed by atoms with Crippen molar-refractivity contribution in [2.45, 2.75) is 6.92 Å². The molecule has 0 radical (unpaired) electrons. The summed E-state index contributed by atoms with van der Waals surface area (Å²) in [6.07, 6.45) is 0. The molecule has 0 spiro atoms. The van der Waals surface area contributed by atoms with Crippen LogP contribution in [0.2, 0.25) is 0 Å². The molecule has 0 amide bonds. The van der Waals surface area contributed by atoms with Gasteiger partial charge in [-0.05, 0) is 24.6 Å². The topological polar surface area (TPSA) is 39.2 Å². The van der Waals surface area contributed by atoms with E-state index in [4.69, 9.17) is 4.74 Å². The summed E-state index contributed by atoms with van der Waals surface area (Å²) in [6, 6.07) is 17.4. The number of nitrogens with zero attached hydrogens (tertiary/aromatic N) is 1. The Bertz CT molecular complexity index is 824. The quantitative estimate of drug-likeness (QED) is 0.665. The van der Waals surface area contributed by atoms with Gasteiger partial charge >= 0.3 is 5.97 Å². The minimum Gasteiger partial charge on any atom is -0.465 e. The number of carbonyl (C=O) groups is 1. The van der Waals surface area contributed by atoms with Gasteiger partial charge in [-0.15, -0.1) is 0 Å². The van der Waals surface area contributed by atoms with Crippen molar-refractivity contribution in [3.05, 3.63) is 65.7 Å². The number of hydrogen-bond acceptors (Lipinski definition) is 3. The van der Waals surface area contributed by atoms with Crippen molar-refractivity contribution in [3.8, 4) is 11.3 Å². The van der Waals surface area contributed by atoms with E-state index in [0.29, 0.717) is 5.56 Å². The lowest BCUT2D eigenvalue weighted by molar-refractivity contribution is 0.0603. The number of para-hydroxylation sites is 1. The summed E-state index contributed by atoms with van der Waals surface area (Å²) in [5.74, 6) is -0.344. The van der Waals surface area contributed by atoms with Crippen LogP contribution < -0.4 is 0 Å². The number of methoxy groups -OCH3 is 1. The zero-order chi connectivity index (χ0) is 14.8. The van der Waals surface area contributed by atoms with Crippen LogP contribution in [-0.4, -0.2) is 18.1 Å². The highest BCUT2D eigenvalue weighted by atomic mass is 16.5. The Morgan fingerprint density at radius 2 is 1.76 bits per heavy atom. The molecule has 3 aromatic rings. The SMILES string of the molecule is COC(=O)c1cc(-c2ccccc2C)nc2ccccc12. The standard InChI is InChI=1S/C18H15NO2/c1-12-7-3-4-8-13(12)17-11-15(18(20)21-2)14-9-5-6-10-16(14)19-17/h3-11H,1-2H3. The van der Waals surface area contributed by atoms with Gasteiger partial charge in [0.25, 0.3) is 0 Å². The molecular weight excluding hydrogens is 262 g/mol. The Hall–Kier alpha value is -2.68. The highest BCUT2D eigenvalue weighted by Crippen LogP contribution is 2.27. The van der Waals surface area contributed by atoms with E-state index in [1.165, 1.54) is 7.11 Å². The molecule has 1 aromatic heterocycles. The van der Waals surface area contributed by atoms with E-state index in [0.717, 1.165) is 27.7 Å². The maximum Gasteiger partial charge on any atom is 0.338 e. The van der Waals surface area contributed by atoms with E-state index in [1.54, 1.807) is 6.07 Å². The second-order valence-corrected chi connectivity index (χ2v) is 4.88. The third-order valence-electron chi connectivity index (χ3n) is 3.54. The van der Waals surface area contributed by atoms with Crippen LogP contribution in [-0.2, 0) is 4.74 Å². The molecule has 3 nitrogen and oxygen atoms in total. The van der Waals surface area contributed by atoms with E-state index < -0.39 is 0 Å². The number of ether oxygens (including phenoxy) is 1. The molecule has 0 bridgehead atoms. The van der Waals surface area contributed by atoms with Crippen molar-refractivity contribution < 1.29 is 9.53 Å². The zero-order valence-electron chi connectivity index (χ0n) is 12.0. The summed E-state index contributed by atoms with van der Waals surface area (Å²) in [7, 11) is 1.39. The van der Waals surface area contributed by atoms with Crippen molar-refractivity contribution in [1.82, 2.24) is 4.98 Å². The third kappa shape index (κ3) is 2.38. The van der Waals surface area contributed by atoms with Gasteiger partial charge in [-0.1, -0.05) is 42.5 Å². The molecule has 0 fully saturated rings. The summed E-state index contributed by atoms with van der Waals surface area (Å²) in [5.41, 5.74) is 4.26. The van der Waals surface area contributed by atoms with Crippen molar-refractivity contribution in [1.29, 1.82) is 0 Å². The predicted molar refractivity (Wildman–Crippen MR) is 83.3 cm³/mol. The van der Waals surface area contributed by atoms with E-state index >= 15 is 0 Å². The molecule has 0 unspecified atom stereocenters. The molecule has 3 rings (SSSR count). The van der Waals surface area contributed by atoms with Gasteiger partial charge in [-0.2, -0.15) is 0 Å². The summed E-state index contributed by atoms with van der Waals surface area (Å²) in [6.45, 7) is 2.03. The molecule has 0 aliphatic rings. The second-order valence-electron chi connectivity index (χ2n) is 4.88. The van der Waals surface area contributed by atoms with E-state index in [9.17, 15) is 4.79 Å². The van der Waals surface area contributed by atoms with Crippen LogP contribution >= 0.6 is 0 Å². The lowest BCUT2D eigenvalue weighted by Crippen LogP contribution is -2.04. The number of aromatic nitrogens is 1. The van der Waals surface area contributed by atoms with Crippen molar-refractivity contribution in [2.75, 3.05) is 7.11 Å². The molecule has 1 heterocycles. The minimum atomic E-state index is -0.344. The summed E-state index contributed by atoms with van der Waals surface area (Å²) in [4.78, 5) is 16.7. The second kappa shape index (κ2) is 5.37. The number of benzene rings is 2. The number of aryl methyl sites for hydroxylation is 1. The Labute approximate surface area is 123 Å². The van der Waals surface area contributed by atoms with Crippen LogP contribution in [0.1, 0.15) is 15.9 Å². The Morgan fingerprint density at radius 3 is 2.52 bits per heavy atom. The minimum absolute atomic E-state index is 0.344. The fourth-order valence-corrected chi connectivity index (χ4v) is 2.45. The summed E-state index contributed by atoms with van der Waals surface area (Å²) < 4.78 is 4.90. The predicted octanol–water partition coefficient (Wildman–Crippen LogP) is 4.00. The lowest BCUT2D eigenvalue weighted by Gasteiger charge is -2.10. The molecule has 0 atom stereocenters. The monoisotopic (exact) mass is 277 g/mol. The third-order valence-corrected chi connectivity index (χ3v) is 3.54. The molecule has 2 aromatic carbocycles. The first-order valence-corrected chi connectivity index (χ1v) is 6.75. The van der Waals surface area contributed by atoms with E-state index in [-0.39, 0.29) is 5.97 Å². The molecule has 104 valence electrons. The lowest BCUT2D eigenvalue weighted by atomic mass is 10.0. The molecule has 0 aliphatic heterocycles.